The Morgan fingerprint density at radius 1 is 1.03 bits per heavy atom. The lowest BCUT2D eigenvalue weighted by atomic mass is 9.76. The second-order valence-corrected chi connectivity index (χ2v) is 10.4. The molecule has 0 fully saturated rings. The lowest BCUT2D eigenvalue weighted by molar-refractivity contribution is 0.279. The van der Waals surface area contributed by atoms with Crippen LogP contribution in [0.3, 0.4) is 0 Å². The first kappa shape index (κ1) is 22.6. The van der Waals surface area contributed by atoms with E-state index < -0.39 is 6.17 Å². The van der Waals surface area contributed by atoms with Gasteiger partial charge in [0.25, 0.3) is 0 Å². The standard InChI is InChI=1S/C25H35ClF2N4/c26-21-13-19(8-9-22(21)28)30-25-20-12-16(15-3-6-18(27)7-4-15)5-10-23(20)31-24(32-25)17-2-1-11-29-14-17/h2-3,16,18-19,24-25,29-32H,1,4-14H2/t16-,18?,19+,24?,25?/m1/s1. The molecule has 176 valence electrons. The number of nitrogens with one attached hydrogen (secondary N) is 4. The molecule has 0 spiro atoms. The average Bonchev–Trinajstić information content (AvgIpc) is 2.82. The van der Waals surface area contributed by atoms with E-state index in [9.17, 15) is 8.78 Å². The van der Waals surface area contributed by atoms with Crippen LogP contribution in [0, 0.1) is 5.92 Å². The van der Waals surface area contributed by atoms with Gasteiger partial charge >= 0.3 is 0 Å². The molecule has 0 amide bonds. The Morgan fingerprint density at radius 3 is 2.69 bits per heavy atom. The van der Waals surface area contributed by atoms with E-state index in [1.54, 1.807) is 0 Å². The highest BCUT2D eigenvalue weighted by Gasteiger charge is 2.36. The lowest BCUT2D eigenvalue weighted by Gasteiger charge is -2.44. The van der Waals surface area contributed by atoms with Crippen LogP contribution in [-0.2, 0) is 0 Å². The molecule has 5 atom stereocenters. The van der Waals surface area contributed by atoms with Gasteiger partial charge in [-0.25, -0.2) is 8.78 Å². The Labute approximate surface area is 195 Å². The molecule has 5 aliphatic rings. The summed E-state index contributed by atoms with van der Waals surface area (Å²) in [5.74, 6) is 0.334. The Bertz CT molecular complexity index is 849. The van der Waals surface area contributed by atoms with Gasteiger partial charge < -0.3 is 10.6 Å². The van der Waals surface area contributed by atoms with Crippen molar-refractivity contribution in [3.05, 3.63) is 45.4 Å². The van der Waals surface area contributed by atoms with Crippen molar-refractivity contribution in [1.29, 1.82) is 0 Å². The Kier molecular flexibility index (Phi) is 7.03. The predicted molar refractivity (Wildman–Crippen MR) is 125 cm³/mol. The van der Waals surface area contributed by atoms with E-state index in [1.165, 1.54) is 22.4 Å². The fraction of sp³-hybridized carbons (Fsp3) is 0.680. The maximum absolute atomic E-state index is 13.8. The first-order chi connectivity index (χ1) is 15.6. The summed E-state index contributed by atoms with van der Waals surface area (Å²) in [6, 6.07) is 0.159. The van der Waals surface area contributed by atoms with Crippen molar-refractivity contribution in [3.63, 3.8) is 0 Å². The van der Waals surface area contributed by atoms with Gasteiger partial charge in [-0.05, 0) is 75.0 Å². The average molecular weight is 465 g/mol. The summed E-state index contributed by atoms with van der Waals surface area (Å²) < 4.78 is 27.5. The first-order valence-corrected chi connectivity index (χ1v) is 12.7. The third-order valence-electron chi connectivity index (χ3n) is 7.77. The zero-order valence-corrected chi connectivity index (χ0v) is 19.4. The smallest absolute Gasteiger partial charge is 0.114 e. The third-order valence-corrected chi connectivity index (χ3v) is 8.13. The quantitative estimate of drug-likeness (QED) is 0.451. The first-order valence-electron chi connectivity index (χ1n) is 12.3. The van der Waals surface area contributed by atoms with Gasteiger partial charge in [-0.1, -0.05) is 29.3 Å². The lowest BCUT2D eigenvalue weighted by Crippen LogP contribution is -2.62. The van der Waals surface area contributed by atoms with E-state index in [0.29, 0.717) is 36.6 Å². The SMILES string of the molecule is FC1=C(Cl)C[C@@H](NC2NC(C3=CCCNC3)NC3=C2C[C@H](C2=CCC(F)CC2)CC3)CC1. The van der Waals surface area contributed by atoms with Crippen molar-refractivity contribution in [3.8, 4) is 0 Å². The van der Waals surface area contributed by atoms with Crippen molar-refractivity contribution < 1.29 is 8.78 Å². The van der Waals surface area contributed by atoms with Crippen LogP contribution in [0.25, 0.3) is 0 Å². The zero-order chi connectivity index (χ0) is 22.1. The van der Waals surface area contributed by atoms with Gasteiger partial charge in [0.2, 0.25) is 0 Å². The van der Waals surface area contributed by atoms with Crippen molar-refractivity contribution in [2.24, 2.45) is 5.92 Å². The van der Waals surface area contributed by atoms with E-state index in [1.807, 2.05) is 0 Å². The van der Waals surface area contributed by atoms with Gasteiger partial charge in [0.1, 0.15) is 18.2 Å². The summed E-state index contributed by atoms with van der Waals surface area (Å²) in [6.07, 6.45) is 12.0. The molecule has 0 saturated carbocycles. The molecule has 0 aromatic rings. The number of allylic oxidation sites excluding steroid dienone is 4. The number of rotatable bonds is 4. The van der Waals surface area contributed by atoms with E-state index >= 15 is 0 Å². The molecule has 32 heavy (non-hydrogen) atoms. The predicted octanol–water partition coefficient (Wildman–Crippen LogP) is 4.82. The summed E-state index contributed by atoms with van der Waals surface area (Å²) in [6.45, 7) is 1.92. The van der Waals surface area contributed by atoms with Crippen LogP contribution in [0.4, 0.5) is 8.78 Å². The number of alkyl halides is 1. The Balaban J connectivity index is 1.36. The molecule has 0 aromatic carbocycles. The van der Waals surface area contributed by atoms with Gasteiger partial charge in [0.05, 0.1) is 11.2 Å². The van der Waals surface area contributed by atoms with Gasteiger partial charge in [-0.3, -0.25) is 10.6 Å². The maximum Gasteiger partial charge on any atom is 0.114 e. The molecule has 2 aliphatic heterocycles. The molecule has 5 rings (SSSR count). The number of halogens is 3. The molecule has 0 radical (unpaired) electrons. The highest BCUT2D eigenvalue weighted by atomic mass is 35.5. The normalized spacial score (nSPS) is 36.3. The fourth-order valence-corrected chi connectivity index (χ4v) is 6.18. The molecule has 4 N–H and O–H groups in total. The molecular formula is C25H35ClF2N4. The van der Waals surface area contributed by atoms with Crippen LogP contribution in [-0.4, -0.2) is 37.6 Å². The summed E-state index contributed by atoms with van der Waals surface area (Å²) in [7, 11) is 0. The zero-order valence-electron chi connectivity index (χ0n) is 18.7. The summed E-state index contributed by atoms with van der Waals surface area (Å²) >= 11 is 6.17. The molecule has 3 unspecified atom stereocenters. The monoisotopic (exact) mass is 464 g/mol. The Morgan fingerprint density at radius 2 is 1.94 bits per heavy atom. The van der Waals surface area contributed by atoms with Gasteiger partial charge in [0.15, 0.2) is 0 Å². The van der Waals surface area contributed by atoms with E-state index in [0.717, 1.165) is 51.6 Å². The summed E-state index contributed by atoms with van der Waals surface area (Å²) in [5.41, 5.74) is 5.53. The second-order valence-electron chi connectivity index (χ2n) is 9.93. The van der Waals surface area contributed by atoms with Crippen molar-refractivity contribution >= 4 is 11.6 Å². The van der Waals surface area contributed by atoms with Crippen molar-refractivity contribution in [2.45, 2.75) is 88.8 Å². The van der Waals surface area contributed by atoms with Gasteiger partial charge in [0, 0.05) is 31.1 Å². The van der Waals surface area contributed by atoms with E-state index in [2.05, 4.69) is 33.4 Å². The van der Waals surface area contributed by atoms with Crippen LogP contribution in [0.5, 0.6) is 0 Å². The van der Waals surface area contributed by atoms with Crippen LogP contribution < -0.4 is 21.3 Å². The minimum atomic E-state index is -0.674. The van der Waals surface area contributed by atoms with Crippen molar-refractivity contribution in [1.82, 2.24) is 21.3 Å². The number of hydrogen-bond acceptors (Lipinski definition) is 4. The van der Waals surface area contributed by atoms with E-state index in [4.69, 9.17) is 11.6 Å². The summed E-state index contributed by atoms with van der Waals surface area (Å²) in [4.78, 5) is 0. The van der Waals surface area contributed by atoms with Crippen LogP contribution >= 0.6 is 11.6 Å². The third kappa shape index (κ3) is 4.98. The van der Waals surface area contributed by atoms with Crippen LogP contribution in [0.15, 0.2) is 45.4 Å². The largest absolute Gasteiger partial charge is 0.370 e. The molecular weight excluding hydrogens is 430 g/mol. The van der Waals surface area contributed by atoms with Crippen LogP contribution in [0.2, 0.25) is 0 Å². The molecule has 0 saturated heterocycles. The molecule has 2 heterocycles. The number of hydrogen-bond donors (Lipinski definition) is 4. The topological polar surface area (TPSA) is 48.1 Å². The molecule has 3 aliphatic carbocycles. The molecule has 0 aromatic heterocycles. The molecule has 4 nitrogen and oxygen atoms in total. The fourth-order valence-electron chi connectivity index (χ4n) is 5.90. The maximum atomic E-state index is 13.8. The highest BCUT2D eigenvalue weighted by Crippen LogP contribution is 2.40. The van der Waals surface area contributed by atoms with Crippen LogP contribution in [0.1, 0.15) is 64.2 Å². The summed E-state index contributed by atoms with van der Waals surface area (Å²) in [5, 5.41) is 15.2. The minimum absolute atomic E-state index is 0.0376. The van der Waals surface area contributed by atoms with Gasteiger partial charge in [-0.15, -0.1) is 0 Å². The van der Waals surface area contributed by atoms with Crippen molar-refractivity contribution in [2.75, 3.05) is 13.1 Å². The molecule has 0 bridgehead atoms. The Hall–Kier alpha value is -1.21. The van der Waals surface area contributed by atoms with Gasteiger partial charge in [-0.2, -0.15) is 0 Å². The highest BCUT2D eigenvalue weighted by molar-refractivity contribution is 6.29. The van der Waals surface area contributed by atoms with E-state index in [-0.39, 0.29) is 24.2 Å². The molecule has 7 heteroatoms. The minimum Gasteiger partial charge on any atom is -0.370 e. The second kappa shape index (κ2) is 9.96.